The Morgan fingerprint density at radius 1 is 0.848 bits per heavy atom. The van der Waals surface area contributed by atoms with Gasteiger partial charge in [0.25, 0.3) is 0 Å². The van der Waals surface area contributed by atoms with Crippen LogP contribution in [0.5, 0.6) is 0 Å². The number of para-hydroxylation sites is 3. The highest BCUT2D eigenvalue weighted by Crippen LogP contribution is 2.45. The van der Waals surface area contributed by atoms with Crippen LogP contribution in [-0.2, 0) is 6.42 Å². The van der Waals surface area contributed by atoms with E-state index in [4.69, 9.17) is 15.1 Å². The molecule has 7 rings (SSSR count). The van der Waals surface area contributed by atoms with Gasteiger partial charge in [-0.15, -0.1) is 0 Å². The third-order valence-corrected chi connectivity index (χ3v) is 6.73. The number of rotatable bonds is 2. The van der Waals surface area contributed by atoms with Gasteiger partial charge in [-0.3, -0.25) is 4.40 Å². The molecule has 1 unspecified atom stereocenters. The van der Waals surface area contributed by atoms with E-state index in [1.807, 2.05) is 18.3 Å². The van der Waals surface area contributed by atoms with Crippen molar-refractivity contribution in [3.63, 3.8) is 0 Å². The normalized spacial score (nSPS) is 15.0. The minimum atomic E-state index is 0.185. The van der Waals surface area contributed by atoms with E-state index in [0.717, 1.165) is 40.3 Å². The van der Waals surface area contributed by atoms with Gasteiger partial charge in [0.1, 0.15) is 0 Å². The molecule has 1 aliphatic carbocycles. The largest absolute Gasteiger partial charge is 0.276 e. The van der Waals surface area contributed by atoms with E-state index in [2.05, 4.69) is 88.8 Å². The van der Waals surface area contributed by atoms with E-state index in [-0.39, 0.29) is 5.92 Å². The Bertz CT molecular complexity index is 1640. The molecule has 0 saturated heterocycles. The summed E-state index contributed by atoms with van der Waals surface area (Å²) >= 11 is 0. The van der Waals surface area contributed by atoms with Gasteiger partial charge in [-0.2, -0.15) is 5.10 Å². The van der Waals surface area contributed by atoms with Gasteiger partial charge in [0.2, 0.25) is 5.78 Å². The number of fused-ring (bicyclic) bond motifs is 7. The molecule has 6 aromatic rings. The average molecular weight is 428 g/mol. The SMILES string of the molecule is Cc1nn(-c2ccccc2)c2c1-c1c(cnc3nc4ccccc4n13)C(c1ccccc1)C2. The lowest BCUT2D eigenvalue weighted by Gasteiger charge is -2.27. The lowest BCUT2D eigenvalue weighted by Crippen LogP contribution is -2.18. The summed E-state index contributed by atoms with van der Waals surface area (Å²) in [6.07, 6.45) is 2.89. The zero-order valence-corrected chi connectivity index (χ0v) is 18.2. The number of aryl methyl sites for hydroxylation is 1. The molecule has 1 aliphatic rings. The highest BCUT2D eigenvalue weighted by Gasteiger charge is 2.34. The molecule has 0 aliphatic heterocycles. The van der Waals surface area contributed by atoms with Crippen molar-refractivity contribution in [2.75, 3.05) is 0 Å². The lowest BCUT2D eigenvalue weighted by molar-refractivity contribution is 0.712. The van der Waals surface area contributed by atoms with Crippen molar-refractivity contribution in [1.29, 1.82) is 0 Å². The molecule has 0 amide bonds. The standard InChI is InChI=1S/C28H21N5/c1-18-26-25(33(31-18)20-12-6-3-7-13-20)16-21(19-10-4-2-5-11-19)22-17-29-28-30-23-14-8-9-15-24(23)32(28)27(22)26/h2-15,17,21H,16H2,1H3. The minimum absolute atomic E-state index is 0.185. The van der Waals surface area contributed by atoms with Crippen molar-refractivity contribution in [1.82, 2.24) is 24.1 Å². The van der Waals surface area contributed by atoms with Gasteiger partial charge in [-0.25, -0.2) is 14.6 Å². The lowest BCUT2D eigenvalue weighted by atomic mass is 9.80. The van der Waals surface area contributed by atoms with Gasteiger partial charge < -0.3 is 0 Å². The first-order valence-electron chi connectivity index (χ1n) is 11.2. The Morgan fingerprint density at radius 3 is 2.39 bits per heavy atom. The first-order valence-corrected chi connectivity index (χ1v) is 11.2. The second-order valence-corrected chi connectivity index (χ2v) is 8.62. The molecule has 0 N–H and O–H groups in total. The Labute approximate surface area is 191 Å². The summed E-state index contributed by atoms with van der Waals surface area (Å²) in [7, 11) is 0. The molecular formula is C28H21N5. The summed E-state index contributed by atoms with van der Waals surface area (Å²) in [5.74, 6) is 0.909. The third-order valence-electron chi connectivity index (χ3n) is 6.73. The molecule has 0 radical (unpaired) electrons. The zero-order chi connectivity index (χ0) is 21.9. The van der Waals surface area contributed by atoms with Gasteiger partial charge in [-0.05, 0) is 36.8 Å². The fourth-order valence-electron chi connectivity index (χ4n) is 5.29. The summed E-state index contributed by atoms with van der Waals surface area (Å²) < 4.78 is 4.34. The van der Waals surface area contributed by atoms with Crippen molar-refractivity contribution < 1.29 is 0 Å². The van der Waals surface area contributed by atoms with E-state index in [9.17, 15) is 0 Å². The van der Waals surface area contributed by atoms with Crippen LogP contribution in [0.4, 0.5) is 0 Å². The number of hydrogen-bond acceptors (Lipinski definition) is 3. The second kappa shape index (κ2) is 6.87. The van der Waals surface area contributed by atoms with Crippen LogP contribution in [0.15, 0.2) is 91.1 Å². The highest BCUT2D eigenvalue weighted by atomic mass is 15.3. The summed E-state index contributed by atoms with van der Waals surface area (Å²) in [6.45, 7) is 2.11. The van der Waals surface area contributed by atoms with Gasteiger partial charge in [0.15, 0.2) is 0 Å². The maximum Gasteiger partial charge on any atom is 0.235 e. The first-order chi connectivity index (χ1) is 16.3. The molecule has 3 heterocycles. The molecule has 0 fully saturated rings. The van der Waals surface area contributed by atoms with Crippen molar-refractivity contribution in [3.8, 4) is 16.9 Å². The predicted octanol–water partition coefficient (Wildman–Crippen LogP) is 5.73. The first kappa shape index (κ1) is 18.3. The number of imidazole rings is 1. The molecule has 5 heteroatoms. The van der Waals surface area contributed by atoms with E-state index in [1.165, 1.54) is 22.4 Å². The van der Waals surface area contributed by atoms with Crippen molar-refractivity contribution in [2.45, 2.75) is 19.3 Å². The maximum atomic E-state index is 5.02. The summed E-state index contributed by atoms with van der Waals surface area (Å²) in [5, 5.41) is 5.02. The summed E-state index contributed by atoms with van der Waals surface area (Å²) in [5.41, 5.74) is 10.2. The van der Waals surface area contributed by atoms with Crippen molar-refractivity contribution >= 4 is 16.8 Å². The van der Waals surface area contributed by atoms with Gasteiger partial charge >= 0.3 is 0 Å². The fraction of sp³-hybridized carbons (Fsp3) is 0.107. The van der Waals surface area contributed by atoms with Crippen molar-refractivity contribution in [2.24, 2.45) is 0 Å². The Balaban J connectivity index is 1.61. The number of aromatic nitrogens is 5. The van der Waals surface area contributed by atoms with Crippen LogP contribution in [0.25, 0.3) is 33.8 Å². The maximum absolute atomic E-state index is 5.02. The number of hydrogen-bond donors (Lipinski definition) is 0. The highest BCUT2D eigenvalue weighted by molar-refractivity contribution is 5.85. The second-order valence-electron chi connectivity index (χ2n) is 8.62. The van der Waals surface area contributed by atoms with E-state index >= 15 is 0 Å². The molecule has 33 heavy (non-hydrogen) atoms. The molecule has 5 nitrogen and oxygen atoms in total. The predicted molar refractivity (Wildman–Crippen MR) is 130 cm³/mol. The number of nitrogens with zero attached hydrogens (tertiary/aromatic N) is 5. The zero-order valence-electron chi connectivity index (χ0n) is 18.2. The van der Waals surface area contributed by atoms with Crippen LogP contribution >= 0.6 is 0 Å². The number of benzene rings is 3. The molecule has 0 bridgehead atoms. The average Bonchev–Trinajstić information content (AvgIpc) is 3.42. The van der Waals surface area contributed by atoms with Crippen LogP contribution in [-0.4, -0.2) is 24.1 Å². The van der Waals surface area contributed by atoms with Crippen LogP contribution in [0.1, 0.15) is 28.4 Å². The van der Waals surface area contributed by atoms with Crippen LogP contribution in [0.2, 0.25) is 0 Å². The molecule has 158 valence electrons. The van der Waals surface area contributed by atoms with E-state index in [1.54, 1.807) is 0 Å². The van der Waals surface area contributed by atoms with Crippen LogP contribution in [0, 0.1) is 6.92 Å². The topological polar surface area (TPSA) is 48.0 Å². The van der Waals surface area contributed by atoms with E-state index in [0.29, 0.717) is 0 Å². The molecular weight excluding hydrogens is 406 g/mol. The van der Waals surface area contributed by atoms with Gasteiger partial charge in [0.05, 0.1) is 33.8 Å². The molecule has 0 saturated carbocycles. The Morgan fingerprint density at radius 2 is 1.58 bits per heavy atom. The Kier molecular flexibility index (Phi) is 3.82. The molecule has 3 aromatic heterocycles. The quantitative estimate of drug-likeness (QED) is 0.354. The molecule has 3 aromatic carbocycles. The van der Waals surface area contributed by atoms with Gasteiger partial charge in [-0.1, -0.05) is 60.7 Å². The smallest absolute Gasteiger partial charge is 0.235 e. The Hall–Kier alpha value is -4.25. The summed E-state index contributed by atoms with van der Waals surface area (Å²) in [6, 6.07) is 29.4. The van der Waals surface area contributed by atoms with Crippen LogP contribution < -0.4 is 0 Å². The van der Waals surface area contributed by atoms with Gasteiger partial charge in [0, 0.05) is 29.7 Å². The molecule has 0 spiro atoms. The van der Waals surface area contributed by atoms with Crippen LogP contribution in [0.3, 0.4) is 0 Å². The van der Waals surface area contributed by atoms with E-state index < -0.39 is 0 Å². The monoisotopic (exact) mass is 427 g/mol. The summed E-state index contributed by atoms with van der Waals surface area (Å²) in [4.78, 5) is 9.61. The fourth-order valence-corrected chi connectivity index (χ4v) is 5.29. The molecule has 1 atom stereocenters. The van der Waals surface area contributed by atoms with Crippen molar-refractivity contribution in [3.05, 3.63) is 114 Å². The third kappa shape index (κ3) is 2.62. The minimum Gasteiger partial charge on any atom is -0.276 e.